The van der Waals surface area contributed by atoms with Gasteiger partial charge in [0.1, 0.15) is 12.4 Å². The van der Waals surface area contributed by atoms with Crippen molar-refractivity contribution < 1.29 is 14.3 Å². The van der Waals surface area contributed by atoms with Gasteiger partial charge in [-0.25, -0.2) is 0 Å². The Morgan fingerprint density at radius 3 is 2.58 bits per heavy atom. The molecular weight excluding hydrogens is 590 g/mol. The fourth-order valence-corrected chi connectivity index (χ4v) is 6.11. The van der Waals surface area contributed by atoms with E-state index in [9.17, 15) is 4.79 Å². The van der Waals surface area contributed by atoms with E-state index in [1.807, 2.05) is 54.6 Å². The number of benzene rings is 2. The Labute approximate surface area is 247 Å². The van der Waals surface area contributed by atoms with Crippen LogP contribution in [-0.2, 0) is 9.53 Å². The van der Waals surface area contributed by atoms with Crippen LogP contribution >= 0.6 is 28.1 Å². The number of aryl methyl sites for hydroxylation is 1. The zero-order chi connectivity index (χ0) is 28.4. The molecule has 0 saturated carbocycles. The van der Waals surface area contributed by atoms with E-state index in [1.165, 1.54) is 7.11 Å². The predicted molar refractivity (Wildman–Crippen MR) is 164 cm³/mol. The molecule has 8 nitrogen and oxygen atoms in total. The molecule has 0 spiro atoms. The molecule has 0 unspecified atom stereocenters. The first-order valence-corrected chi connectivity index (χ1v) is 14.0. The zero-order valence-corrected chi connectivity index (χ0v) is 25.0. The van der Waals surface area contributed by atoms with E-state index in [0.29, 0.717) is 16.5 Å². The second kappa shape index (κ2) is 11.8. The minimum atomic E-state index is -0.278. The van der Waals surface area contributed by atoms with Crippen molar-refractivity contribution in [3.05, 3.63) is 100 Å². The Balaban J connectivity index is 1.66. The average Bonchev–Trinajstić information content (AvgIpc) is 3.44. The summed E-state index contributed by atoms with van der Waals surface area (Å²) in [5, 5.41) is 6.97. The number of nitrogens with one attached hydrogen (secondary N) is 2. The van der Waals surface area contributed by atoms with Gasteiger partial charge < -0.3 is 29.6 Å². The summed E-state index contributed by atoms with van der Waals surface area (Å²) in [5.74, 6) is 0.260. The normalized spacial score (nSPS) is 16.6. The van der Waals surface area contributed by atoms with Crippen molar-refractivity contribution in [2.45, 2.75) is 25.9 Å². The smallest absolute Gasteiger partial charge is 0.250 e. The Morgan fingerprint density at radius 1 is 1.10 bits per heavy atom. The number of amides is 1. The molecule has 2 aromatic carbocycles. The highest BCUT2D eigenvalue weighted by Crippen LogP contribution is 2.45. The van der Waals surface area contributed by atoms with Gasteiger partial charge in [0.15, 0.2) is 5.11 Å². The number of thiocarbonyl (C=S) groups is 1. The molecular formula is C30H30BrN5O3S. The second-order valence-electron chi connectivity index (χ2n) is 9.48. The third-order valence-electron chi connectivity index (χ3n) is 6.99. The van der Waals surface area contributed by atoms with Gasteiger partial charge in [0.25, 0.3) is 0 Å². The van der Waals surface area contributed by atoms with Crippen LogP contribution in [-0.4, -0.2) is 41.4 Å². The van der Waals surface area contributed by atoms with Crippen molar-refractivity contribution >= 4 is 50.5 Å². The van der Waals surface area contributed by atoms with Crippen LogP contribution in [0.25, 0.3) is 5.69 Å². The van der Waals surface area contributed by atoms with E-state index in [2.05, 4.69) is 67.0 Å². The largest absolute Gasteiger partial charge is 0.495 e. The van der Waals surface area contributed by atoms with E-state index in [4.69, 9.17) is 21.7 Å². The number of hydrogen-bond donors (Lipinski definition) is 2. The molecule has 1 fully saturated rings. The van der Waals surface area contributed by atoms with E-state index >= 15 is 0 Å². The standard InChI is InChI=1S/C30H30BrN5O3S/c1-18-15-21(19(2)35(18)25-11-6-5-9-22(25)31)29-28(23-10-7-8-14-32-23)34-30(40)36(29)20-12-13-26(39-4)24(16-20)33-27(37)17-38-3/h5-16,28-29H,17H2,1-4H3,(H,33,37)(H,34,40)/t28-,29+/m0/s1. The molecule has 40 heavy (non-hydrogen) atoms. The van der Waals surface area contributed by atoms with Crippen molar-refractivity contribution in [3.63, 3.8) is 0 Å². The Kier molecular flexibility index (Phi) is 8.20. The van der Waals surface area contributed by atoms with Gasteiger partial charge in [-0.15, -0.1) is 0 Å². The predicted octanol–water partition coefficient (Wildman–Crippen LogP) is 6.02. The van der Waals surface area contributed by atoms with Crippen LogP contribution in [0.15, 0.2) is 77.4 Å². The maximum atomic E-state index is 12.4. The van der Waals surface area contributed by atoms with Crippen LogP contribution in [0.5, 0.6) is 5.75 Å². The lowest BCUT2D eigenvalue weighted by molar-refractivity contribution is -0.119. The molecule has 3 heterocycles. The quantitative estimate of drug-likeness (QED) is 0.233. The first-order chi connectivity index (χ1) is 19.3. The van der Waals surface area contributed by atoms with E-state index < -0.39 is 0 Å². The second-order valence-corrected chi connectivity index (χ2v) is 10.7. The van der Waals surface area contributed by atoms with Crippen LogP contribution in [0.2, 0.25) is 0 Å². The van der Waals surface area contributed by atoms with Crippen molar-refractivity contribution in [3.8, 4) is 11.4 Å². The van der Waals surface area contributed by atoms with Crippen molar-refractivity contribution in [2.24, 2.45) is 0 Å². The van der Waals surface area contributed by atoms with Crippen molar-refractivity contribution in [1.29, 1.82) is 0 Å². The number of nitrogens with zero attached hydrogens (tertiary/aromatic N) is 3. The molecule has 1 amide bonds. The number of pyridine rings is 1. The fraction of sp³-hybridized carbons (Fsp3) is 0.233. The van der Waals surface area contributed by atoms with Gasteiger partial charge in [0.2, 0.25) is 5.91 Å². The Bertz CT molecular complexity index is 1560. The molecule has 2 aromatic heterocycles. The number of hydrogen-bond acceptors (Lipinski definition) is 5. The van der Waals surface area contributed by atoms with Gasteiger partial charge in [-0.05, 0) is 96.1 Å². The summed E-state index contributed by atoms with van der Waals surface area (Å²) in [4.78, 5) is 19.2. The van der Waals surface area contributed by atoms with E-state index in [0.717, 1.165) is 38.5 Å². The molecule has 2 N–H and O–H groups in total. The number of para-hydroxylation sites is 1. The van der Waals surface area contributed by atoms with Crippen LogP contribution < -0.4 is 20.3 Å². The number of anilines is 2. The minimum absolute atomic E-state index is 0.0670. The Morgan fingerprint density at radius 2 is 1.88 bits per heavy atom. The van der Waals surface area contributed by atoms with Gasteiger partial charge in [-0.1, -0.05) is 18.2 Å². The zero-order valence-electron chi connectivity index (χ0n) is 22.6. The highest BCUT2D eigenvalue weighted by atomic mass is 79.9. The lowest BCUT2D eigenvalue weighted by Crippen LogP contribution is -2.29. The number of carbonyl (C=O) groups excluding carboxylic acids is 1. The molecule has 0 radical (unpaired) electrons. The summed E-state index contributed by atoms with van der Waals surface area (Å²) in [6, 6.07) is 21.5. The number of ether oxygens (including phenoxy) is 2. The number of carbonyl (C=O) groups is 1. The topological polar surface area (TPSA) is 80.7 Å². The molecule has 206 valence electrons. The molecule has 5 rings (SSSR count). The third-order valence-corrected chi connectivity index (χ3v) is 7.98. The summed E-state index contributed by atoms with van der Waals surface area (Å²) >= 11 is 9.67. The van der Waals surface area contributed by atoms with Gasteiger partial charge in [0.05, 0.1) is 36.3 Å². The van der Waals surface area contributed by atoms with Crippen molar-refractivity contribution in [2.75, 3.05) is 31.0 Å². The summed E-state index contributed by atoms with van der Waals surface area (Å²) in [5.41, 5.74) is 6.57. The maximum absolute atomic E-state index is 12.4. The van der Waals surface area contributed by atoms with Gasteiger partial charge in [0, 0.05) is 34.9 Å². The van der Waals surface area contributed by atoms with Gasteiger partial charge in [-0.2, -0.15) is 0 Å². The lowest BCUT2D eigenvalue weighted by Gasteiger charge is -2.29. The molecule has 2 atom stereocenters. The first kappa shape index (κ1) is 27.8. The lowest BCUT2D eigenvalue weighted by atomic mass is 9.96. The molecule has 4 aromatic rings. The van der Waals surface area contributed by atoms with E-state index in [-0.39, 0.29) is 24.6 Å². The molecule has 0 aliphatic carbocycles. The number of methoxy groups -OCH3 is 2. The molecule has 10 heteroatoms. The van der Waals surface area contributed by atoms with Crippen LogP contribution in [0, 0.1) is 13.8 Å². The SMILES string of the molecule is COCC(=O)Nc1cc(N2C(=S)N[C@@H](c3ccccn3)[C@H]2c2cc(C)n(-c3ccccc3Br)c2C)ccc1OC. The highest BCUT2D eigenvalue weighted by molar-refractivity contribution is 9.10. The van der Waals surface area contributed by atoms with Crippen molar-refractivity contribution in [1.82, 2.24) is 14.9 Å². The van der Waals surface area contributed by atoms with Crippen LogP contribution in [0.3, 0.4) is 0 Å². The maximum Gasteiger partial charge on any atom is 0.250 e. The van der Waals surface area contributed by atoms with E-state index in [1.54, 1.807) is 13.3 Å². The first-order valence-electron chi connectivity index (χ1n) is 12.7. The average molecular weight is 621 g/mol. The number of rotatable bonds is 8. The third kappa shape index (κ3) is 5.22. The van der Waals surface area contributed by atoms with Gasteiger partial charge >= 0.3 is 0 Å². The fourth-order valence-electron chi connectivity index (χ4n) is 5.30. The molecule has 0 bridgehead atoms. The summed E-state index contributed by atoms with van der Waals surface area (Å²) in [7, 11) is 3.05. The minimum Gasteiger partial charge on any atom is -0.495 e. The molecule has 1 saturated heterocycles. The van der Waals surface area contributed by atoms with Crippen LogP contribution in [0.4, 0.5) is 11.4 Å². The molecule has 1 aliphatic rings. The summed E-state index contributed by atoms with van der Waals surface area (Å²) < 4.78 is 13.8. The number of halogens is 1. The Hall–Kier alpha value is -3.73. The monoisotopic (exact) mass is 619 g/mol. The number of aromatic nitrogens is 2. The van der Waals surface area contributed by atoms with Crippen LogP contribution in [0.1, 0.15) is 34.7 Å². The highest BCUT2D eigenvalue weighted by Gasteiger charge is 2.42. The summed E-state index contributed by atoms with van der Waals surface area (Å²) in [6.07, 6.45) is 1.79. The molecule has 1 aliphatic heterocycles. The summed E-state index contributed by atoms with van der Waals surface area (Å²) in [6.45, 7) is 4.16. The van der Waals surface area contributed by atoms with Gasteiger partial charge in [-0.3, -0.25) is 9.78 Å².